The van der Waals surface area contributed by atoms with Crippen LogP contribution in [0.15, 0.2) is 170 Å². The van der Waals surface area contributed by atoms with Crippen LogP contribution in [0.2, 0.25) is 0 Å². The first-order valence-electron chi connectivity index (χ1n) is 22.0. The van der Waals surface area contributed by atoms with Crippen molar-refractivity contribution >= 4 is 87.2 Å². The normalized spacial score (nSPS) is 15.3. The molecule has 8 aromatic carbocycles. The summed E-state index contributed by atoms with van der Waals surface area (Å²) in [5, 5.41) is 7.80. The highest BCUT2D eigenvalue weighted by atomic mass is 32.1. The predicted molar refractivity (Wildman–Crippen MR) is 255 cm³/mol. The molecular formula is C56H50N2S. The van der Waals surface area contributed by atoms with Gasteiger partial charge in [-0.15, -0.1) is 11.3 Å². The van der Waals surface area contributed by atoms with Crippen LogP contribution in [-0.2, 0) is 0 Å². The molecule has 3 heteroatoms. The first-order valence-corrected chi connectivity index (χ1v) is 22.8. The number of thiophene rings is 1. The van der Waals surface area contributed by atoms with E-state index in [4.69, 9.17) is 0 Å². The zero-order chi connectivity index (χ0) is 39.1. The standard InChI is InChI=1S/C56H50N2S/c1-5-17-39(18-6-1)41-29-33-45(34-30-41)57(43-21-9-3-10-22-43)51-37-53-55(49-27-15-13-25-47(49)51)56-50-28-16-14-26-48(50)52(38-54(56)59-53)58(44-23-11-4-12-24-44)46-35-31-42(32-36-46)40-19-7-2-8-20-40/h3-4,9-16,21-40H,1-2,5-8,17-20H2. The fraction of sp³-hybridized carbons (Fsp3) is 0.214. The smallest absolute Gasteiger partial charge is 0.0554 e. The maximum atomic E-state index is 2.48. The van der Waals surface area contributed by atoms with Crippen LogP contribution in [0, 0.1) is 0 Å². The van der Waals surface area contributed by atoms with Gasteiger partial charge in [0.15, 0.2) is 0 Å². The summed E-state index contributed by atoms with van der Waals surface area (Å²) >= 11 is 1.92. The first kappa shape index (κ1) is 36.2. The largest absolute Gasteiger partial charge is 0.310 e. The van der Waals surface area contributed by atoms with E-state index < -0.39 is 0 Å². The third-order valence-electron chi connectivity index (χ3n) is 13.4. The molecule has 0 bridgehead atoms. The van der Waals surface area contributed by atoms with E-state index in [1.165, 1.54) is 151 Å². The van der Waals surface area contributed by atoms with Crippen molar-refractivity contribution in [1.29, 1.82) is 0 Å². The van der Waals surface area contributed by atoms with Gasteiger partial charge < -0.3 is 9.80 Å². The van der Waals surface area contributed by atoms with Gasteiger partial charge in [0, 0.05) is 53.7 Å². The molecule has 0 amide bonds. The minimum atomic E-state index is 0.678. The third-order valence-corrected chi connectivity index (χ3v) is 14.5. The second-order valence-electron chi connectivity index (χ2n) is 16.9. The Morgan fingerprint density at radius 3 is 1.07 bits per heavy atom. The van der Waals surface area contributed by atoms with Crippen LogP contribution < -0.4 is 9.80 Å². The first-order chi connectivity index (χ1) is 29.3. The van der Waals surface area contributed by atoms with Crippen molar-refractivity contribution in [3.63, 3.8) is 0 Å². The van der Waals surface area contributed by atoms with Crippen LogP contribution in [0.25, 0.3) is 41.7 Å². The zero-order valence-electron chi connectivity index (χ0n) is 33.7. The summed E-state index contributed by atoms with van der Waals surface area (Å²) in [5.74, 6) is 1.36. The molecule has 0 unspecified atom stereocenters. The molecule has 290 valence electrons. The fourth-order valence-electron chi connectivity index (χ4n) is 10.5. The van der Waals surface area contributed by atoms with E-state index in [1.807, 2.05) is 11.3 Å². The molecule has 1 heterocycles. The van der Waals surface area contributed by atoms with Gasteiger partial charge in [0.05, 0.1) is 11.4 Å². The quantitative estimate of drug-likeness (QED) is 0.151. The molecule has 0 saturated heterocycles. The van der Waals surface area contributed by atoms with E-state index in [-0.39, 0.29) is 0 Å². The van der Waals surface area contributed by atoms with E-state index in [1.54, 1.807) is 0 Å². The fourth-order valence-corrected chi connectivity index (χ4v) is 11.7. The predicted octanol–water partition coefficient (Wildman–Crippen LogP) is 17.4. The Balaban J connectivity index is 1.10. The zero-order valence-corrected chi connectivity index (χ0v) is 34.5. The number of hydrogen-bond acceptors (Lipinski definition) is 3. The summed E-state index contributed by atoms with van der Waals surface area (Å²) in [6.07, 6.45) is 13.4. The second-order valence-corrected chi connectivity index (χ2v) is 18.0. The van der Waals surface area contributed by atoms with Crippen molar-refractivity contribution in [2.45, 2.75) is 76.0 Å². The second kappa shape index (κ2) is 15.7. The molecule has 0 N–H and O–H groups in total. The molecule has 2 aliphatic rings. The highest BCUT2D eigenvalue weighted by Crippen LogP contribution is 2.51. The lowest BCUT2D eigenvalue weighted by molar-refractivity contribution is 0.443. The summed E-state index contributed by atoms with van der Waals surface area (Å²) in [6, 6.07) is 64.0. The SMILES string of the molecule is c1ccc(N(c2ccc(C3CCCCC3)cc2)c2cc3sc4cc(N(c5ccccc5)c5ccc(C6CCCCC6)cc5)c5ccccc5c4c3c3ccccc23)cc1. The Bertz CT molecular complexity index is 2680. The Labute approximate surface area is 352 Å². The molecule has 0 aliphatic heterocycles. The lowest BCUT2D eigenvalue weighted by Crippen LogP contribution is -2.11. The van der Waals surface area contributed by atoms with Crippen LogP contribution in [-0.4, -0.2) is 0 Å². The Hall–Kier alpha value is -5.90. The van der Waals surface area contributed by atoms with Gasteiger partial charge in [0.2, 0.25) is 0 Å². The molecular weight excluding hydrogens is 733 g/mol. The lowest BCUT2D eigenvalue weighted by atomic mass is 9.84. The number of anilines is 6. The highest BCUT2D eigenvalue weighted by Gasteiger charge is 2.24. The number of rotatable bonds is 8. The average Bonchev–Trinajstić information content (AvgIpc) is 3.70. The average molecular weight is 783 g/mol. The summed E-state index contributed by atoms with van der Waals surface area (Å²) in [4.78, 5) is 4.96. The van der Waals surface area contributed by atoms with E-state index in [9.17, 15) is 0 Å². The molecule has 2 fully saturated rings. The van der Waals surface area contributed by atoms with Gasteiger partial charge in [0.25, 0.3) is 0 Å². The Kier molecular flexibility index (Phi) is 9.63. The molecule has 9 aromatic rings. The number of nitrogens with zero attached hydrogens (tertiary/aromatic N) is 2. The number of hydrogen-bond donors (Lipinski definition) is 0. The van der Waals surface area contributed by atoms with Crippen molar-refractivity contribution in [2.24, 2.45) is 0 Å². The van der Waals surface area contributed by atoms with Gasteiger partial charge in [-0.25, -0.2) is 0 Å². The maximum absolute atomic E-state index is 2.48. The molecule has 59 heavy (non-hydrogen) atoms. The summed E-state index contributed by atoms with van der Waals surface area (Å²) in [6.45, 7) is 0. The van der Waals surface area contributed by atoms with Crippen molar-refractivity contribution < 1.29 is 0 Å². The van der Waals surface area contributed by atoms with E-state index in [0.717, 1.165) is 0 Å². The minimum absolute atomic E-state index is 0.678. The number of benzene rings is 8. The van der Waals surface area contributed by atoms with Crippen LogP contribution in [0.4, 0.5) is 34.1 Å². The van der Waals surface area contributed by atoms with E-state index in [0.29, 0.717) is 11.8 Å². The van der Waals surface area contributed by atoms with Crippen molar-refractivity contribution in [1.82, 2.24) is 0 Å². The van der Waals surface area contributed by atoms with Crippen LogP contribution in [0.3, 0.4) is 0 Å². The van der Waals surface area contributed by atoms with Gasteiger partial charge in [-0.2, -0.15) is 0 Å². The maximum Gasteiger partial charge on any atom is 0.0554 e. The molecule has 2 saturated carbocycles. The lowest BCUT2D eigenvalue weighted by Gasteiger charge is -2.28. The minimum Gasteiger partial charge on any atom is -0.310 e. The van der Waals surface area contributed by atoms with Gasteiger partial charge >= 0.3 is 0 Å². The molecule has 0 radical (unpaired) electrons. The third kappa shape index (κ3) is 6.66. The Morgan fingerprint density at radius 1 is 0.339 bits per heavy atom. The van der Waals surface area contributed by atoms with Crippen molar-refractivity contribution in [2.75, 3.05) is 9.80 Å². The molecule has 0 atom stereocenters. The van der Waals surface area contributed by atoms with Crippen molar-refractivity contribution in [3.8, 4) is 0 Å². The molecule has 2 nitrogen and oxygen atoms in total. The molecule has 0 spiro atoms. The summed E-state index contributed by atoms with van der Waals surface area (Å²) in [7, 11) is 0. The van der Waals surface area contributed by atoms with Gasteiger partial charge in [-0.1, -0.05) is 148 Å². The Morgan fingerprint density at radius 2 is 0.678 bits per heavy atom. The van der Waals surface area contributed by atoms with Crippen LogP contribution in [0.1, 0.15) is 87.2 Å². The molecule has 11 rings (SSSR count). The van der Waals surface area contributed by atoms with Gasteiger partial charge in [-0.3, -0.25) is 0 Å². The van der Waals surface area contributed by atoms with Crippen LogP contribution in [0.5, 0.6) is 0 Å². The van der Waals surface area contributed by atoms with Gasteiger partial charge in [-0.05, 0) is 120 Å². The topological polar surface area (TPSA) is 6.48 Å². The van der Waals surface area contributed by atoms with E-state index >= 15 is 0 Å². The van der Waals surface area contributed by atoms with E-state index in [2.05, 4.69) is 180 Å². The summed E-state index contributed by atoms with van der Waals surface area (Å²) in [5.41, 5.74) is 10.1. The molecule has 2 aliphatic carbocycles. The van der Waals surface area contributed by atoms with Gasteiger partial charge in [0.1, 0.15) is 0 Å². The van der Waals surface area contributed by atoms with Crippen molar-refractivity contribution in [3.05, 3.63) is 181 Å². The monoisotopic (exact) mass is 782 g/mol. The van der Waals surface area contributed by atoms with Crippen LogP contribution >= 0.6 is 11.3 Å². The number of fused-ring (bicyclic) bond motifs is 7. The summed E-state index contributed by atoms with van der Waals surface area (Å²) < 4.78 is 2.61. The highest BCUT2D eigenvalue weighted by molar-refractivity contribution is 7.26. The number of para-hydroxylation sites is 2. The molecule has 1 aromatic heterocycles.